The van der Waals surface area contributed by atoms with Crippen LogP contribution in [-0.2, 0) is 0 Å². The Morgan fingerprint density at radius 2 is 0.906 bits per heavy atom. The fourth-order valence-corrected chi connectivity index (χ4v) is 10.7. The number of pyridine rings is 1. The summed E-state index contributed by atoms with van der Waals surface area (Å²) in [5.41, 5.74) is 11.4. The van der Waals surface area contributed by atoms with E-state index < -0.39 is 0 Å². The van der Waals surface area contributed by atoms with Crippen LogP contribution in [0.15, 0.2) is 212 Å². The van der Waals surface area contributed by atoms with Crippen molar-refractivity contribution >= 4 is 75.0 Å². The lowest BCUT2D eigenvalue weighted by atomic mass is 9.97. The van der Waals surface area contributed by atoms with Crippen molar-refractivity contribution in [3.8, 4) is 62.2 Å². The quantitative estimate of drug-likeness (QED) is 0.157. The zero-order chi connectivity index (χ0) is 42.1. The molecule has 0 unspecified atom stereocenters. The van der Waals surface area contributed by atoms with Crippen molar-refractivity contribution in [1.82, 2.24) is 24.5 Å². The second-order valence-electron chi connectivity index (χ2n) is 16.2. The first-order chi connectivity index (χ1) is 31.7. The number of rotatable bonds is 6. The molecule has 0 aliphatic heterocycles. The Kier molecular flexibility index (Phi) is 8.32. The van der Waals surface area contributed by atoms with E-state index in [4.69, 9.17) is 19.9 Å². The minimum absolute atomic E-state index is 0.617. The van der Waals surface area contributed by atoms with Gasteiger partial charge in [0.15, 0.2) is 17.5 Å². The topological polar surface area (TPSA) is 56.5 Å². The van der Waals surface area contributed by atoms with Crippen LogP contribution in [0.1, 0.15) is 0 Å². The second-order valence-corrected chi connectivity index (χ2v) is 17.2. The van der Waals surface area contributed by atoms with Gasteiger partial charge in [-0.2, -0.15) is 0 Å². The van der Waals surface area contributed by atoms with Crippen LogP contribution in [0.25, 0.3) is 126 Å². The van der Waals surface area contributed by atoms with Crippen molar-refractivity contribution in [3.05, 3.63) is 212 Å². The average molecular weight is 834 g/mol. The monoisotopic (exact) mass is 833 g/mol. The van der Waals surface area contributed by atoms with Gasteiger partial charge < -0.3 is 4.57 Å². The molecule has 0 atom stereocenters. The van der Waals surface area contributed by atoms with Crippen molar-refractivity contribution < 1.29 is 0 Å². The molecule has 13 rings (SSSR count). The lowest BCUT2D eigenvalue weighted by Crippen LogP contribution is -2.01. The number of aromatic nitrogens is 5. The molecule has 0 fully saturated rings. The van der Waals surface area contributed by atoms with Gasteiger partial charge in [-0.15, -0.1) is 11.3 Å². The molecule has 0 aliphatic carbocycles. The predicted molar refractivity (Wildman–Crippen MR) is 267 cm³/mol. The second kappa shape index (κ2) is 14.7. The highest BCUT2D eigenvalue weighted by Crippen LogP contribution is 2.45. The Bertz CT molecular complexity index is 3910. The molecule has 5 nitrogen and oxygen atoms in total. The van der Waals surface area contributed by atoms with Crippen LogP contribution in [0.3, 0.4) is 0 Å². The van der Waals surface area contributed by atoms with Crippen molar-refractivity contribution in [2.75, 3.05) is 0 Å². The number of hydrogen-bond acceptors (Lipinski definition) is 5. The molecule has 0 saturated heterocycles. The van der Waals surface area contributed by atoms with Crippen LogP contribution in [0, 0.1) is 0 Å². The van der Waals surface area contributed by atoms with E-state index in [2.05, 4.69) is 187 Å². The van der Waals surface area contributed by atoms with Gasteiger partial charge in [0.2, 0.25) is 0 Å². The van der Waals surface area contributed by atoms with Crippen molar-refractivity contribution in [2.24, 2.45) is 0 Å². The number of nitrogens with zero attached hydrogens (tertiary/aromatic N) is 5. The zero-order valence-electron chi connectivity index (χ0n) is 34.4. The SMILES string of the molecule is c1ccc(-c2nc(-c3ccc(-c4cccc(-c5nc6ccc7ccccc7c6c6c5sc5ccccc56)c4)cc3)nc(-c3cccc(-n4c5ccccc5c5ccccc54)c3)n2)cc1. The molecule has 0 bridgehead atoms. The van der Waals surface area contributed by atoms with E-state index in [9.17, 15) is 0 Å². The molecule has 64 heavy (non-hydrogen) atoms. The predicted octanol–water partition coefficient (Wildman–Crippen LogP) is 15.4. The lowest BCUT2D eigenvalue weighted by Gasteiger charge is -2.12. The number of fused-ring (bicyclic) bond motifs is 10. The average Bonchev–Trinajstić information content (AvgIpc) is 3.93. The summed E-state index contributed by atoms with van der Waals surface area (Å²) in [7, 11) is 0. The number of thiophene rings is 1. The van der Waals surface area contributed by atoms with Gasteiger partial charge in [-0.05, 0) is 64.4 Å². The van der Waals surface area contributed by atoms with E-state index in [-0.39, 0.29) is 0 Å². The fraction of sp³-hybridized carbons (Fsp3) is 0. The van der Waals surface area contributed by atoms with E-state index in [1.165, 1.54) is 47.1 Å². The minimum atomic E-state index is 0.617. The summed E-state index contributed by atoms with van der Waals surface area (Å²) in [4.78, 5) is 20.7. The van der Waals surface area contributed by atoms with E-state index in [1.807, 2.05) is 41.7 Å². The zero-order valence-corrected chi connectivity index (χ0v) is 35.2. The summed E-state index contributed by atoms with van der Waals surface area (Å²) >= 11 is 1.82. The first kappa shape index (κ1) is 36.3. The van der Waals surface area contributed by atoms with Gasteiger partial charge in [0, 0.05) is 59.6 Å². The summed E-state index contributed by atoms with van der Waals surface area (Å²) in [6.07, 6.45) is 0. The van der Waals surface area contributed by atoms with Crippen LogP contribution in [-0.4, -0.2) is 24.5 Å². The van der Waals surface area contributed by atoms with E-state index >= 15 is 0 Å². The fourth-order valence-electron chi connectivity index (χ4n) is 9.44. The Labute approximate surface area is 372 Å². The highest BCUT2D eigenvalue weighted by Gasteiger charge is 2.19. The lowest BCUT2D eigenvalue weighted by molar-refractivity contribution is 1.07. The van der Waals surface area contributed by atoms with E-state index in [1.54, 1.807) is 0 Å². The Morgan fingerprint density at radius 1 is 0.344 bits per heavy atom. The molecule has 4 heterocycles. The van der Waals surface area contributed by atoms with Gasteiger partial charge >= 0.3 is 0 Å². The summed E-state index contributed by atoms with van der Waals surface area (Å²) in [5, 5.41) is 8.66. The molecule has 9 aromatic carbocycles. The Hall–Kier alpha value is -8.32. The maximum absolute atomic E-state index is 5.41. The molecule has 0 aliphatic rings. The highest BCUT2D eigenvalue weighted by atomic mass is 32.1. The van der Waals surface area contributed by atoms with Crippen LogP contribution >= 0.6 is 11.3 Å². The van der Waals surface area contributed by atoms with Crippen LogP contribution < -0.4 is 0 Å². The molecule has 0 N–H and O–H groups in total. The third kappa shape index (κ3) is 5.92. The van der Waals surface area contributed by atoms with Gasteiger partial charge in [0.25, 0.3) is 0 Å². The number of benzene rings is 9. The van der Waals surface area contributed by atoms with Crippen LogP contribution in [0.5, 0.6) is 0 Å². The molecular weight excluding hydrogens is 799 g/mol. The van der Waals surface area contributed by atoms with E-state index in [0.717, 1.165) is 61.3 Å². The molecule has 0 spiro atoms. The summed E-state index contributed by atoms with van der Waals surface area (Å²) in [6, 6.07) is 74.9. The summed E-state index contributed by atoms with van der Waals surface area (Å²) in [5.74, 6) is 1.86. The molecule has 6 heteroatoms. The third-order valence-corrected chi connectivity index (χ3v) is 13.6. The van der Waals surface area contributed by atoms with Gasteiger partial charge in [-0.3, -0.25) is 0 Å². The Morgan fingerprint density at radius 3 is 1.67 bits per heavy atom. The minimum Gasteiger partial charge on any atom is -0.309 e. The molecule has 0 radical (unpaired) electrons. The van der Waals surface area contributed by atoms with Crippen LogP contribution in [0.2, 0.25) is 0 Å². The van der Waals surface area contributed by atoms with Gasteiger partial charge in [0.1, 0.15) is 0 Å². The largest absolute Gasteiger partial charge is 0.309 e. The van der Waals surface area contributed by atoms with Gasteiger partial charge in [-0.1, -0.05) is 170 Å². The van der Waals surface area contributed by atoms with Gasteiger partial charge in [0.05, 0.1) is 26.9 Å². The van der Waals surface area contributed by atoms with Crippen molar-refractivity contribution in [3.63, 3.8) is 0 Å². The standard InChI is InChI=1S/C58H35N5S/c1-2-15-38(16-3-1)56-60-57(62-58(61-56)42-19-13-20-43(35-42)63-49-25-9-6-22-45(49)46-23-7-10-26-50(46)63)39-30-28-36(29-31-39)40-17-12-18-41(34-40)54-55-53(47-24-8-11-27-51(47)64-55)52-44-21-5-4-14-37(44)32-33-48(52)59-54/h1-35H. The maximum Gasteiger partial charge on any atom is 0.164 e. The van der Waals surface area contributed by atoms with Crippen molar-refractivity contribution in [1.29, 1.82) is 0 Å². The molecule has 0 saturated carbocycles. The summed E-state index contributed by atoms with van der Waals surface area (Å²) < 4.78 is 4.80. The van der Waals surface area contributed by atoms with Crippen LogP contribution in [0.4, 0.5) is 0 Å². The first-order valence-electron chi connectivity index (χ1n) is 21.5. The number of para-hydroxylation sites is 2. The highest BCUT2D eigenvalue weighted by molar-refractivity contribution is 7.26. The third-order valence-electron chi connectivity index (χ3n) is 12.4. The normalized spacial score (nSPS) is 11.8. The Balaban J connectivity index is 0.902. The molecule has 0 amide bonds. The number of hydrogen-bond donors (Lipinski definition) is 0. The molecule has 298 valence electrons. The van der Waals surface area contributed by atoms with Gasteiger partial charge in [-0.25, -0.2) is 19.9 Å². The molecule has 13 aromatic rings. The molecule has 4 aromatic heterocycles. The first-order valence-corrected chi connectivity index (χ1v) is 22.3. The van der Waals surface area contributed by atoms with Crippen molar-refractivity contribution in [2.45, 2.75) is 0 Å². The van der Waals surface area contributed by atoms with E-state index in [0.29, 0.717) is 17.5 Å². The maximum atomic E-state index is 5.41. The molecular formula is C58H35N5S. The summed E-state index contributed by atoms with van der Waals surface area (Å²) in [6.45, 7) is 0. The smallest absolute Gasteiger partial charge is 0.164 e.